The molecule has 0 unspecified atom stereocenters. The van der Waals surface area contributed by atoms with Gasteiger partial charge in [-0.2, -0.15) is 5.26 Å². The number of para-hydroxylation sites is 1. The zero-order valence-electron chi connectivity index (χ0n) is 15.2. The van der Waals surface area contributed by atoms with Gasteiger partial charge in [0.25, 0.3) is 5.91 Å². The van der Waals surface area contributed by atoms with Gasteiger partial charge in [-0.1, -0.05) is 18.2 Å². The fourth-order valence-electron chi connectivity index (χ4n) is 2.21. The number of hydrogen-bond acceptors (Lipinski definition) is 7. The van der Waals surface area contributed by atoms with E-state index in [0.717, 1.165) is 0 Å². The molecule has 2 rings (SSSR count). The number of hydrogen-bond donors (Lipinski definition) is 2. The summed E-state index contributed by atoms with van der Waals surface area (Å²) in [5.74, 6) is -1.92. The first kappa shape index (κ1) is 20.2. The highest BCUT2D eigenvalue weighted by molar-refractivity contribution is 6.06. The number of amides is 1. The summed E-state index contributed by atoms with van der Waals surface area (Å²) in [7, 11) is 2.42. The van der Waals surface area contributed by atoms with E-state index in [1.807, 2.05) is 0 Å². The Kier molecular flexibility index (Phi) is 6.88. The van der Waals surface area contributed by atoms with Crippen LogP contribution in [-0.2, 0) is 14.3 Å². The second-order valence-electron chi connectivity index (χ2n) is 5.42. The molecule has 0 bridgehead atoms. The highest BCUT2D eigenvalue weighted by atomic mass is 16.5. The number of methoxy groups -OCH3 is 2. The van der Waals surface area contributed by atoms with Gasteiger partial charge >= 0.3 is 11.9 Å². The van der Waals surface area contributed by atoms with Crippen molar-refractivity contribution in [3.05, 3.63) is 71.4 Å². The molecule has 0 saturated heterocycles. The Balaban J connectivity index is 2.26. The van der Waals surface area contributed by atoms with Crippen LogP contribution in [0.2, 0.25) is 0 Å². The van der Waals surface area contributed by atoms with Crippen molar-refractivity contribution in [2.75, 3.05) is 24.9 Å². The van der Waals surface area contributed by atoms with E-state index in [9.17, 15) is 19.6 Å². The van der Waals surface area contributed by atoms with Gasteiger partial charge in [0.2, 0.25) is 0 Å². The maximum absolute atomic E-state index is 12.2. The molecule has 0 saturated carbocycles. The van der Waals surface area contributed by atoms with E-state index >= 15 is 0 Å². The molecule has 2 N–H and O–H groups in total. The van der Waals surface area contributed by atoms with Crippen LogP contribution in [0.4, 0.5) is 11.4 Å². The molecule has 0 heterocycles. The van der Waals surface area contributed by atoms with Crippen LogP contribution in [0.5, 0.6) is 0 Å². The summed E-state index contributed by atoms with van der Waals surface area (Å²) < 4.78 is 9.32. The molecule has 0 aliphatic heterocycles. The number of anilines is 2. The third kappa shape index (κ3) is 5.19. The molecule has 2 aromatic rings. The summed E-state index contributed by atoms with van der Waals surface area (Å²) in [6, 6.07) is 14.6. The highest BCUT2D eigenvalue weighted by Crippen LogP contribution is 2.18. The number of nitriles is 1. The van der Waals surface area contributed by atoms with Crippen molar-refractivity contribution in [2.45, 2.75) is 0 Å². The van der Waals surface area contributed by atoms with Crippen molar-refractivity contribution >= 4 is 29.2 Å². The van der Waals surface area contributed by atoms with E-state index in [1.165, 1.54) is 38.6 Å². The Morgan fingerprint density at radius 2 is 1.50 bits per heavy atom. The smallest absolute Gasteiger partial charge is 0.337 e. The monoisotopic (exact) mass is 379 g/mol. The molecule has 0 fully saturated rings. The number of carbonyl (C=O) groups is 3. The number of carbonyl (C=O) groups excluding carboxylic acids is 3. The molecule has 0 radical (unpaired) electrons. The first-order chi connectivity index (χ1) is 13.5. The lowest BCUT2D eigenvalue weighted by atomic mass is 10.1. The van der Waals surface area contributed by atoms with Crippen LogP contribution in [0.25, 0.3) is 0 Å². The standard InChI is InChI=1S/C20H17N3O5/c1-27-19(25)13-8-14(20(26)28-2)10-17(9-13)22-12-15(11-21)18(24)23-16-6-4-3-5-7-16/h3-10,12,22H,1-2H3,(H,23,24). The van der Waals surface area contributed by atoms with Crippen LogP contribution in [-0.4, -0.2) is 32.1 Å². The van der Waals surface area contributed by atoms with Crippen LogP contribution in [0, 0.1) is 11.3 Å². The number of rotatable bonds is 6. The van der Waals surface area contributed by atoms with E-state index in [-0.39, 0.29) is 16.7 Å². The number of ether oxygens (including phenoxy) is 2. The largest absolute Gasteiger partial charge is 0.465 e. The average molecular weight is 379 g/mol. The van der Waals surface area contributed by atoms with Crippen LogP contribution in [0.3, 0.4) is 0 Å². The Labute approximate surface area is 161 Å². The number of esters is 2. The first-order valence-corrected chi connectivity index (χ1v) is 8.03. The van der Waals surface area contributed by atoms with Gasteiger partial charge in [0.1, 0.15) is 11.6 Å². The maximum Gasteiger partial charge on any atom is 0.337 e. The molecule has 142 valence electrons. The van der Waals surface area contributed by atoms with Gasteiger partial charge < -0.3 is 20.1 Å². The molecule has 0 aromatic heterocycles. The quantitative estimate of drug-likeness (QED) is 0.450. The predicted molar refractivity (Wildman–Crippen MR) is 102 cm³/mol. The summed E-state index contributed by atoms with van der Waals surface area (Å²) in [6.45, 7) is 0. The predicted octanol–water partition coefficient (Wildman–Crippen LogP) is 2.72. The van der Waals surface area contributed by atoms with Crippen LogP contribution < -0.4 is 10.6 Å². The van der Waals surface area contributed by atoms with Crippen molar-refractivity contribution < 1.29 is 23.9 Å². The van der Waals surface area contributed by atoms with Gasteiger partial charge in [-0.15, -0.1) is 0 Å². The lowest BCUT2D eigenvalue weighted by molar-refractivity contribution is -0.112. The first-order valence-electron chi connectivity index (χ1n) is 8.03. The van der Waals surface area contributed by atoms with Crippen molar-refractivity contribution in [1.29, 1.82) is 5.26 Å². The number of nitrogens with zero attached hydrogens (tertiary/aromatic N) is 1. The van der Waals surface area contributed by atoms with Gasteiger partial charge in [-0.25, -0.2) is 9.59 Å². The van der Waals surface area contributed by atoms with E-state index in [4.69, 9.17) is 0 Å². The van der Waals surface area contributed by atoms with Gasteiger partial charge in [-0.3, -0.25) is 4.79 Å². The van der Waals surface area contributed by atoms with Gasteiger partial charge in [0, 0.05) is 17.6 Å². The van der Waals surface area contributed by atoms with Gasteiger partial charge in [0.05, 0.1) is 25.3 Å². The lowest BCUT2D eigenvalue weighted by Crippen LogP contribution is -2.14. The Morgan fingerprint density at radius 3 is 2.00 bits per heavy atom. The molecule has 0 atom stereocenters. The van der Waals surface area contributed by atoms with Crippen LogP contribution in [0.15, 0.2) is 60.3 Å². The molecule has 8 heteroatoms. The van der Waals surface area contributed by atoms with Gasteiger partial charge in [0.15, 0.2) is 0 Å². The third-order valence-electron chi connectivity index (χ3n) is 3.56. The zero-order valence-corrected chi connectivity index (χ0v) is 15.2. The summed E-state index contributed by atoms with van der Waals surface area (Å²) >= 11 is 0. The normalized spacial score (nSPS) is 10.4. The Morgan fingerprint density at radius 1 is 0.929 bits per heavy atom. The summed E-state index contributed by atoms with van der Waals surface area (Å²) in [6.07, 6.45) is 1.18. The highest BCUT2D eigenvalue weighted by Gasteiger charge is 2.14. The van der Waals surface area contributed by atoms with Crippen molar-refractivity contribution in [3.8, 4) is 6.07 Å². The number of nitrogens with one attached hydrogen (secondary N) is 2. The van der Waals surface area contributed by atoms with Crippen molar-refractivity contribution in [2.24, 2.45) is 0 Å². The molecule has 8 nitrogen and oxygen atoms in total. The average Bonchev–Trinajstić information content (AvgIpc) is 2.73. The molecule has 1 amide bonds. The van der Waals surface area contributed by atoms with Crippen molar-refractivity contribution in [3.63, 3.8) is 0 Å². The Hall–Kier alpha value is -4.12. The second-order valence-corrected chi connectivity index (χ2v) is 5.42. The molecule has 28 heavy (non-hydrogen) atoms. The molecular formula is C20H17N3O5. The topological polar surface area (TPSA) is 118 Å². The van der Waals surface area contributed by atoms with Crippen LogP contribution in [0.1, 0.15) is 20.7 Å². The van der Waals surface area contributed by atoms with Crippen molar-refractivity contribution in [1.82, 2.24) is 0 Å². The lowest BCUT2D eigenvalue weighted by Gasteiger charge is -2.08. The SMILES string of the molecule is COC(=O)c1cc(NC=C(C#N)C(=O)Nc2ccccc2)cc(C(=O)OC)c1. The molecule has 0 aliphatic rings. The minimum atomic E-state index is -0.653. The van der Waals surface area contributed by atoms with E-state index in [0.29, 0.717) is 11.4 Å². The fraction of sp³-hybridized carbons (Fsp3) is 0.100. The minimum absolute atomic E-state index is 0.105. The van der Waals surface area contributed by atoms with Crippen LogP contribution >= 0.6 is 0 Å². The fourth-order valence-corrected chi connectivity index (χ4v) is 2.21. The van der Waals surface area contributed by atoms with E-state index in [1.54, 1.807) is 36.4 Å². The maximum atomic E-state index is 12.2. The Bertz CT molecular complexity index is 927. The molecule has 2 aromatic carbocycles. The van der Waals surface area contributed by atoms with E-state index < -0.39 is 17.8 Å². The van der Waals surface area contributed by atoms with E-state index in [2.05, 4.69) is 20.1 Å². The summed E-state index contributed by atoms with van der Waals surface area (Å²) in [5.41, 5.74) is 0.840. The summed E-state index contributed by atoms with van der Waals surface area (Å²) in [5, 5.41) is 14.6. The van der Waals surface area contributed by atoms with Gasteiger partial charge in [-0.05, 0) is 30.3 Å². The molecule has 0 spiro atoms. The molecular weight excluding hydrogens is 362 g/mol. The zero-order chi connectivity index (χ0) is 20.5. The molecule has 0 aliphatic carbocycles. The number of benzene rings is 2. The second kappa shape index (κ2) is 9.54. The summed E-state index contributed by atoms with van der Waals surface area (Å²) in [4.78, 5) is 35.8. The minimum Gasteiger partial charge on any atom is -0.465 e. The third-order valence-corrected chi connectivity index (χ3v) is 3.56.